The van der Waals surface area contributed by atoms with E-state index in [4.69, 9.17) is 11.6 Å². The summed E-state index contributed by atoms with van der Waals surface area (Å²) < 4.78 is 41.2. The highest BCUT2D eigenvalue weighted by Gasteiger charge is 2.34. The Balaban J connectivity index is 1.60. The second kappa shape index (κ2) is 8.28. The van der Waals surface area contributed by atoms with E-state index in [0.29, 0.717) is 22.9 Å². The number of carbonyl (C=O) groups excluding carboxylic acids is 1. The van der Waals surface area contributed by atoms with E-state index in [-0.39, 0.29) is 12.5 Å². The van der Waals surface area contributed by atoms with Crippen LogP contribution >= 0.6 is 11.6 Å². The Hall–Kier alpha value is -2.81. The van der Waals surface area contributed by atoms with E-state index < -0.39 is 17.8 Å². The predicted octanol–water partition coefficient (Wildman–Crippen LogP) is 4.38. The summed E-state index contributed by atoms with van der Waals surface area (Å²) in [6.07, 6.45) is -1.33. The third kappa shape index (κ3) is 5.38. The molecular weight excluding hydrogens is 407 g/mol. The first-order chi connectivity index (χ1) is 13.6. The number of aryl methyl sites for hydroxylation is 1. The van der Waals surface area contributed by atoms with E-state index in [0.717, 1.165) is 11.6 Å². The molecule has 0 fully saturated rings. The molecule has 1 atom stereocenters. The van der Waals surface area contributed by atoms with Gasteiger partial charge >= 0.3 is 6.18 Å². The van der Waals surface area contributed by atoms with E-state index >= 15 is 0 Å². The van der Waals surface area contributed by atoms with Crippen LogP contribution in [0.1, 0.15) is 23.9 Å². The van der Waals surface area contributed by atoms with Crippen molar-refractivity contribution in [1.29, 1.82) is 0 Å². The van der Waals surface area contributed by atoms with Crippen molar-refractivity contribution in [1.82, 2.24) is 19.6 Å². The summed E-state index contributed by atoms with van der Waals surface area (Å²) in [5.74, 6) is -0.929. The zero-order chi connectivity index (χ0) is 21.2. The maximum Gasteiger partial charge on any atom is 0.435 e. The van der Waals surface area contributed by atoms with Gasteiger partial charge in [0.05, 0.1) is 30.9 Å². The van der Waals surface area contributed by atoms with Crippen LogP contribution in [0, 0.1) is 12.8 Å². The highest BCUT2D eigenvalue weighted by Crippen LogP contribution is 2.28. The van der Waals surface area contributed by atoms with E-state index in [1.807, 2.05) is 18.2 Å². The molecule has 0 saturated heterocycles. The molecule has 0 saturated carbocycles. The Bertz CT molecular complexity index is 1010. The summed E-state index contributed by atoms with van der Waals surface area (Å²) in [5.41, 5.74) is 0.828. The minimum absolute atomic E-state index is 0.0321. The molecule has 2 heterocycles. The van der Waals surface area contributed by atoms with Crippen molar-refractivity contribution in [2.24, 2.45) is 5.92 Å². The first-order valence-electron chi connectivity index (χ1n) is 8.81. The zero-order valence-corrected chi connectivity index (χ0v) is 16.5. The lowest BCUT2D eigenvalue weighted by Crippen LogP contribution is -2.25. The largest absolute Gasteiger partial charge is 0.435 e. The molecule has 1 aromatic carbocycles. The molecule has 0 aliphatic rings. The molecule has 3 aromatic rings. The first kappa shape index (κ1) is 20.9. The molecule has 1 amide bonds. The van der Waals surface area contributed by atoms with Crippen LogP contribution in [-0.2, 0) is 24.1 Å². The predicted molar refractivity (Wildman–Crippen MR) is 103 cm³/mol. The standard InChI is InChI=1S/C19H19ClF3N5O/c1-12(9-28-13(2)6-17(26-28)19(21,22)23)18(29)25-16-8-24-27(11-16)10-14-4-3-5-15(20)7-14/h3-8,11-12H,9-10H2,1-2H3,(H,25,29). The third-order valence-corrected chi connectivity index (χ3v) is 4.54. The average molecular weight is 426 g/mol. The van der Waals surface area contributed by atoms with Crippen LogP contribution in [0.25, 0.3) is 0 Å². The van der Waals surface area contributed by atoms with Crippen LogP contribution in [0.15, 0.2) is 42.7 Å². The highest BCUT2D eigenvalue weighted by molar-refractivity contribution is 6.30. The van der Waals surface area contributed by atoms with Gasteiger partial charge in [-0.1, -0.05) is 30.7 Å². The van der Waals surface area contributed by atoms with Crippen LogP contribution in [0.3, 0.4) is 0 Å². The topological polar surface area (TPSA) is 64.7 Å². The Morgan fingerprint density at radius 1 is 1.31 bits per heavy atom. The Morgan fingerprint density at radius 3 is 2.72 bits per heavy atom. The minimum Gasteiger partial charge on any atom is -0.323 e. The molecule has 1 unspecified atom stereocenters. The Morgan fingerprint density at radius 2 is 2.07 bits per heavy atom. The fraction of sp³-hybridized carbons (Fsp3) is 0.316. The fourth-order valence-corrected chi connectivity index (χ4v) is 2.99. The fourth-order valence-electron chi connectivity index (χ4n) is 2.78. The monoisotopic (exact) mass is 425 g/mol. The molecule has 3 rings (SSSR count). The number of alkyl halides is 3. The van der Waals surface area contributed by atoms with Gasteiger partial charge in [-0.3, -0.25) is 14.2 Å². The molecule has 0 aliphatic heterocycles. The van der Waals surface area contributed by atoms with Crippen LogP contribution in [-0.4, -0.2) is 25.5 Å². The summed E-state index contributed by atoms with van der Waals surface area (Å²) >= 11 is 5.97. The normalized spacial score (nSPS) is 12.8. The number of hydrogen-bond donors (Lipinski definition) is 1. The van der Waals surface area contributed by atoms with Gasteiger partial charge in [0.15, 0.2) is 5.69 Å². The molecule has 0 bridgehead atoms. The average Bonchev–Trinajstić information content (AvgIpc) is 3.21. The molecule has 2 aromatic heterocycles. The number of carbonyl (C=O) groups is 1. The number of nitrogens with one attached hydrogen (secondary N) is 1. The second-order valence-electron chi connectivity index (χ2n) is 6.80. The summed E-state index contributed by atoms with van der Waals surface area (Å²) in [6.45, 7) is 3.66. The second-order valence-corrected chi connectivity index (χ2v) is 7.23. The Kier molecular flexibility index (Phi) is 5.97. The molecular formula is C19H19ClF3N5O. The number of rotatable bonds is 6. The van der Waals surface area contributed by atoms with Crippen LogP contribution < -0.4 is 5.32 Å². The van der Waals surface area contributed by atoms with E-state index in [1.54, 1.807) is 23.9 Å². The van der Waals surface area contributed by atoms with Gasteiger partial charge in [0.25, 0.3) is 0 Å². The smallest absolute Gasteiger partial charge is 0.323 e. The first-order valence-corrected chi connectivity index (χ1v) is 9.19. The van der Waals surface area contributed by atoms with Gasteiger partial charge in [-0.2, -0.15) is 23.4 Å². The van der Waals surface area contributed by atoms with Crippen LogP contribution in [0.2, 0.25) is 5.02 Å². The van der Waals surface area contributed by atoms with Crippen molar-refractivity contribution in [2.75, 3.05) is 5.32 Å². The van der Waals surface area contributed by atoms with Gasteiger partial charge < -0.3 is 5.32 Å². The van der Waals surface area contributed by atoms with E-state index in [9.17, 15) is 18.0 Å². The SMILES string of the molecule is Cc1cc(C(F)(F)F)nn1CC(C)C(=O)Nc1cnn(Cc2cccc(Cl)c2)c1. The number of amides is 1. The molecule has 1 N–H and O–H groups in total. The van der Waals surface area contributed by atoms with Crippen molar-refractivity contribution in [2.45, 2.75) is 33.1 Å². The highest BCUT2D eigenvalue weighted by atomic mass is 35.5. The van der Waals surface area contributed by atoms with Crippen LogP contribution in [0.4, 0.5) is 18.9 Å². The number of anilines is 1. The van der Waals surface area contributed by atoms with Crippen molar-refractivity contribution in [3.8, 4) is 0 Å². The van der Waals surface area contributed by atoms with Crippen molar-refractivity contribution in [3.63, 3.8) is 0 Å². The molecule has 10 heteroatoms. The summed E-state index contributed by atoms with van der Waals surface area (Å²) in [5, 5.41) is 11.1. The maximum absolute atomic E-state index is 12.8. The van der Waals surface area contributed by atoms with Gasteiger partial charge in [-0.05, 0) is 30.7 Å². The van der Waals surface area contributed by atoms with Gasteiger partial charge in [0, 0.05) is 16.9 Å². The number of benzene rings is 1. The summed E-state index contributed by atoms with van der Waals surface area (Å²) in [6, 6.07) is 8.32. The van der Waals surface area contributed by atoms with Crippen LogP contribution in [0.5, 0.6) is 0 Å². The number of nitrogens with zero attached hydrogens (tertiary/aromatic N) is 4. The molecule has 0 aliphatic carbocycles. The lowest BCUT2D eigenvalue weighted by molar-refractivity contribution is -0.141. The maximum atomic E-state index is 12.8. The van der Waals surface area contributed by atoms with Crippen molar-refractivity contribution >= 4 is 23.2 Å². The third-order valence-electron chi connectivity index (χ3n) is 4.30. The summed E-state index contributed by atoms with van der Waals surface area (Å²) in [7, 11) is 0. The van der Waals surface area contributed by atoms with Gasteiger partial charge in [0.2, 0.25) is 5.91 Å². The van der Waals surface area contributed by atoms with Crippen molar-refractivity contribution in [3.05, 3.63) is 64.7 Å². The van der Waals surface area contributed by atoms with Gasteiger partial charge in [0.1, 0.15) is 0 Å². The van der Waals surface area contributed by atoms with E-state index in [2.05, 4.69) is 15.5 Å². The Labute approximate surface area is 170 Å². The zero-order valence-electron chi connectivity index (χ0n) is 15.7. The summed E-state index contributed by atoms with van der Waals surface area (Å²) in [4.78, 5) is 12.4. The molecule has 29 heavy (non-hydrogen) atoms. The minimum atomic E-state index is -4.51. The molecule has 6 nitrogen and oxygen atoms in total. The molecule has 154 valence electrons. The van der Waals surface area contributed by atoms with Crippen molar-refractivity contribution < 1.29 is 18.0 Å². The van der Waals surface area contributed by atoms with Gasteiger partial charge in [-0.25, -0.2) is 0 Å². The van der Waals surface area contributed by atoms with E-state index in [1.165, 1.54) is 17.8 Å². The number of hydrogen-bond acceptors (Lipinski definition) is 3. The molecule has 0 radical (unpaired) electrons. The number of aromatic nitrogens is 4. The lowest BCUT2D eigenvalue weighted by atomic mass is 10.1. The van der Waals surface area contributed by atoms with Gasteiger partial charge in [-0.15, -0.1) is 0 Å². The lowest BCUT2D eigenvalue weighted by Gasteiger charge is -2.12. The quantitative estimate of drug-likeness (QED) is 0.637. The number of halogens is 4. The molecule has 0 spiro atoms.